The summed E-state index contributed by atoms with van der Waals surface area (Å²) in [6.07, 6.45) is -0.696. The van der Waals surface area contributed by atoms with E-state index >= 15 is 0 Å². The molecule has 4 nitrogen and oxygen atoms in total. The van der Waals surface area contributed by atoms with E-state index in [0.717, 1.165) is 16.6 Å². The summed E-state index contributed by atoms with van der Waals surface area (Å²) < 4.78 is 9.14. The van der Waals surface area contributed by atoms with Crippen molar-refractivity contribution in [2.75, 3.05) is 0 Å². The summed E-state index contributed by atoms with van der Waals surface area (Å²) in [6.45, 7) is 2.74. The van der Waals surface area contributed by atoms with Crippen LogP contribution in [0, 0.1) is 6.92 Å². The normalized spacial score (nSPS) is 12.1. The van der Waals surface area contributed by atoms with Crippen LogP contribution in [0.25, 0.3) is 21.8 Å². The minimum Gasteiger partial charge on any atom is -0.446 e. The predicted octanol–water partition coefficient (Wildman–Crippen LogP) is 8.26. The molecular weight excluding hydrogens is 536 g/mol. The molecule has 1 heterocycles. The van der Waals surface area contributed by atoms with E-state index in [1.807, 2.05) is 66.7 Å². The largest absolute Gasteiger partial charge is 0.446 e. The van der Waals surface area contributed by atoms with Crippen molar-refractivity contribution in [3.05, 3.63) is 148 Å². The Bertz CT molecular complexity index is 1780. The minimum atomic E-state index is -0.696. The van der Waals surface area contributed by atoms with E-state index in [0.29, 0.717) is 22.4 Å². The summed E-state index contributed by atoms with van der Waals surface area (Å²) in [5.41, 5.74) is 5.61. The Balaban J connectivity index is 1.53. The molecule has 0 N–H and O–H groups in total. The molecule has 1 atom stereocenters. The van der Waals surface area contributed by atoms with Crippen LogP contribution in [0.3, 0.4) is 0 Å². The molecule has 0 bridgehead atoms. The van der Waals surface area contributed by atoms with Crippen LogP contribution >= 0.6 is 15.9 Å². The van der Waals surface area contributed by atoms with Gasteiger partial charge in [-0.2, -0.15) is 0 Å². The van der Waals surface area contributed by atoms with Gasteiger partial charge in [-0.3, -0.25) is 0 Å². The smallest absolute Gasteiger partial charge is 0.340 e. The molecule has 0 aliphatic heterocycles. The molecule has 186 valence electrons. The van der Waals surface area contributed by atoms with Crippen LogP contribution in [-0.2, 0) is 11.3 Å². The second kappa shape index (κ2) is 10.3. The number of hydrogen-bond donors (Lipinski definition) is 0. The second-order valence-electron chi connectivity index (χ2n) is 9.30. The number of benzene rings is 5. The van der Waals surface area contributed by atoms with Crippen LogP contribution in [0.4, 0.5) is 0 Å². The van der Waals surface area contributed by atoms with Crippen molar-refractivity contribution in [3.63, 3.8) is 0 Å². The van der Waals surface area contributed by atoms with Gasteiger partial charge in [-0.15, -0.1) is 0 Å². The predicted molar refractivity (Wildman–Crippen MR) is 155 cm³/mol. The van der Waals surface area contributed by atoms with Crippen LogP contribution in [0.1, 0.15) is 39.0 Å². The first-order valence-electron chi connectivity index (χ1n) is 12.5. The zero-order chi connectivity index (χ0) is 26.1. The summed E-state index contributed by atoms with van der Waals surface area (Å²) >= 11 is 3.50. The number of aromatic nitrogens is 2. The zero-order valence-corrected chi connectivity index (χ0v) is 22.4. The van der Waals surface area contributed by atoms with Crippen LogP contribution in [0.2, 0.25) is 0 Å². The van der Waals surface area contributed by atoms with E-state index in [1.54, 1.807) is 6.07 Å². The van der Waals surface area contributed by atoms with Gasteiger partial charge in [0.05, 0.1) is 23.1 Å². The Hall–Kier alpha value is -4.22. The third-order valence-electron chi connectivity index (χ3n) is 6.93. The number of hydrogen-bond acceptors (Lipinski definition) is 3. The van der Waals surface area contributed by atoms with E-state index in [4.69, 9.17) is 9.72 Å². The first-order chi connectivity index (χ1) is 18.6. The summed E-state index contributed by atoms with van der Waals surface area (Å²) in [7, 11) is 0. The highest BCUT2D eigenvalue weighted by Gasteiger charge is 2.27. The fraction of sp³-hybridized carbons (Fsp3) is 0.0909. The molecule has 0 radical (unpaired) electrons. The number of carbonyl (C=O) groups excluding carboxylic acids is 1. The van der Waals surface area contributed by atoms with Crippen LogP contribution in [0.5, 0.6) is 0 Å². The van der Waals surface area contributed by atoms with Gasteiger partial charge in [0.15, 0.2) is 11.9 Å². The molecule has 5 aromatic carbocycles. The topological polar surface area (TPSA) is 44.1 Å². The highest BCUT2D eigenvalue weighted by molar-refractivity contribution is 9.10. The Morgan fingerprint density at radius 3 is 2.39 bits per heavy atom. The molecule has 0 aliphatic rings. The molecule has 5 heteroatoms. The van der Waals surface area contributed by atoms with Crippen molar-refractivity contribution in [3.8, 4) is 0 Å². The number of aryl methyl sites for hydroxylation is 1. The molecule has 0 saturated carbocycles. The Morgan fingerprint density at radius 1 is 0.842 bits per heavy atom. The number of imidazole rings is 1. The SMILES string of the molecule is Cc1ccc2ccccc2c1Cn1c(C(OC(=O)c2ccccc2Br)c2ccccc2)nc2ccccc21. The van der Waals surface area contributed by atoms with E-state index in [9.17, 15) is 4.79 Å². The molecule has 1 unspecified atom stereocenters. The maximum Gasteiger partial charge on any atom is 0.340 e. The summed E-state index contributed by atoms with van der Waals surface area (Å²) in [6, 6.07) is 38.0. The van der Waals surface area contributed by atoms with Gasteiger partial charge >= 0.3 is 5.97 Å². The molecule has 1 aromatic heterocycles. The second-order valence-corrected chi connectivity index (χ2v) is 10.2. The van der Waals surface area contributed by atoms with Crippen molar-refractivity contribution in [2.45, 2.75) is 19.6 Å². The number of fused-ring (bicyclic) bond motifs is 2. The molecule has 6 aromatic rings. The van der Waals surface area contributed by atoms with Gasteiger partial charge in [0.1, 0.15) is 0 Å². The summed E-state index contributed by atoms with van der Waals surface area (Å²) in [5.74, 6) is 0.274. The lowest BCUT2D eigenvalue weighted by Crippen LogP contribution is -2.18. The van der Waals surface area contributed by atoms with Gasteiger partial charge in [0.25, 0.3) is 0 Å². The van der Waals surface area contributed by atoms with Gasteiger partial charge in [-0.25, -0.2) is 9.78 Å². The summed E-state index contributed by atoms with van der Waals surface area (Å²) in [4.78, 5) is 18.5. The number of esters is 1. The van der Waals surface area contributed by atoms with Crippen LogP contribution < -0.4 is 0 Å². The third-order valence-corrected chi connectivity index (χ3v) is 7.62. The van der Waals surface area contributed by atoms with E-state index in [2.05, 4.69) is 69.9 Å². The van der Waals surface area contributed by atoms with Crippen molar-refractivity contribution in [1.29, 1.82) is 0 Å². The molecule has 38 heavy (non-hydrogen) atoms. The number of rotatable bonds is 6. The fourth-order valence-electron chi connectivity index (χ4n) is 4.97. The molecule has 0 aliphatic carbocycles. The highest BCUT2D eigenvalue weighted by Crippen LogP contribution is 2.33. The molecular formula is C33H25BrN2O2. The van der Waals surface area contributed by atoms with E-state index in [1.165, 1.54) is 21.9 Å². The van der Waals surface area contributed by atoms with Gasteiger partial charge in [0.2, 0.25) is 0 Å². The molecule has 0 fully saturated rings. The standard InChI is InChI=1S/C33H25BrN2O2/c1-22-19-20-23-11-5-6-14-25(23)27(22)21-36-30-18-10-9-17-29(30)35-32(36)31(24-12-3-2-4-13-24)38-33(37)26-15-7-8-16-28(26)34/h2-20,31H,21H2,1H3. The first-order valence-corrected chi connectivity index (χ1v) is 13.3. The Labute approximate surface area is 229 Å². The Kier molecular flexibility index (Phi) is 6.52. The number of nitrogens with zero attached hydrogens (tertiary/aromatic N) is 2. The maximum atomic E-state index is 13.4. The van der Waals surface area contributed by atoms with Crippen molar-refractivity contribution in [2.24, 2.45) is 0 Å². The van der Waals surface area contributed by atoms with Crippen molar-refractivity contribution < 1.29 is 9.53 Å². The maximum absolute atomic E-state index is 13.4. The summed E-state index contributed by atoms with van der Waals surface area (Å²) in [5, 5.41) is 2.40. The van der Waals surface area contributed by atoms with Crippen molar-refractivity contribution >= 4 is 43.7 Å². The molecule has 0 spiro atoms. The van der Waals surface area contributed by atoms with Crippen molar-refractivity contribution in [1.82, 2.24) is 9.55 Å². The highest BCUT2D eigenvalue weighted by atomic mass is 79.9. The fourth-order valence-corrected chi connectivity index (χ4v) is 5.41. The lowest BCUT2D eigenvalue weighted by molar-refractivity contribution is 0.0356. The van der Waals surface area contributed by atoms with Gasteiger partial charge in [-0.05, 0) is 69.0 Å². The van der Waals surface area contributed by atoms with Gasteiger partial charge in [0, 0.05) is 10.0 Å². The average molecular weight is 561 g/mol. The van der Waals surface area contributed by atoms with Crippen LogP contribution in [-0.4, -0.2) is 15.5 Å². The van der Waals surface area contributed by atoms with E-state index < -0.39 is 12.1 Å². The van der Waals surface area contributed by atoms with E-state index in [-0.39, 0.29) is 0 Å². The monoisotopic (exact) mass is 560 g/mol. The number of ether oxygens (including phenoxy) is 1. The lowest BCUT2D eigenvalue weighted by Gasteiger charge is -2.21. The van der Waals surface area contributed by atoms with Gasteiger partial charge < -0.3 is 9.30 Å². The quantitative estimate of drug-likeness (QED) is 0.192. The third kappa shape index (κ3) is 4.50. The first kappa shape index (κ1) is 24.1. The molecule has 0 saturated heterocycles. The van der Waals surface area contributed by atoms with Crippen LogP contribution in [0.15, 0.2) is 120 Å². The zero-order valence-electron chi connectivity index (χ0n) is 20.8. The molecule has 6 rings (SSSR count). The number of para-hydroxylation sites is 2. The Morgan fingerprint density at radius 2 is 1.55 bits per heavy atom. The lowest BCUT2D eigenvalue weighted by atomic mass is 9.99. The molecule has 0 amide bonds. The number of halogens is 1. The van der Waals surface area contributed by atoms with Gasteiger partial charge in [-0.1, -0.05) is 91.0 Å². The average Bonchev–Trinajstić information content (AvgIpc) is 3.32. The minimum absolute atomic E-state index is 0.411. The number of carbonyl (C=O) groups is 1.